The first kappa shape index (κ1) is 11.2. The molecule has 3 heteroatoms. The van der Waals surface area contributed by atoms with Crippen LogP contribution in [0, 0.1) is 5.92 Å². The maximum absolute atomic E-state index is 10.3. The van der Waals surface area contributed by atoms with Gasteiger partial charge in [0, 0.05) is 6.42 Å². The molecule has 2 nitrogen and oxygen atoms in total. The van der Waals surface area contributed by atoms with E-state index in [0.29, 0.717) is 12.3 Å². The first-order valence-corrected chi connectivity index (χ1v) is 4.01. The van der Waals surface area contributed by atoms with Gasteiger partial charge in [0.1, 0.15) is 0 Å². The Bertz CT molecular complexity index is 119. The second-order valence-corrected chi connectivity index (χ2v) is 3.10. The van der Waals surface area contributed by atoms with Crippen LogP contribution >= 0.6 is 0 Å². The summed E-state index contributed by atoms with van der Waals surface area (Å²) in [5.74, 6) is -0.154. The minimum absolute atomic E-state index is 0. The fourth-order valence-corrected chi connectivity index (χ4v) is 1.64. The molecular formula is C8H16MgO2. The van der Waals surface area contributed by atoms with Crippen molar-refractivity contribution in [3.8, 4) is 0 Å². The van der Waals surface area contributed by atoms with E-state index in [1.165, 1.54) is 19.3 Å². The predicted molar refractivity (Wildman–Crippen MR) is 47.4 cm³/mol. The Morgan fingerprint density at radius 3 is 2.27 bits per heavy atom. The van der Waals surface area contributed by atoms with Gasteiger partial charge in [-0.25, -0.2) is 0 Å². The topological polar surface area (TPSA) is 37.3 Å². The molecule has 11 heavy (non-hydrogen) atoms. The van der Waals surface area contributed by atoms with E-state index < -0.39 is 5.97 Å². The van der Waals surface area contributed by atoms with Gasteiger partial charge in [-0.3, -0.25) is 4.79 Å². The first-order chi connectivity index (χ1) is 4.79. The third-order valence-corrected chi connectivity index (χ3v) is 2.19. The summed E-state index contributed by atoms with van der Waals surface area (Å²) < 4.78 is 0. The Kier molecular flexibility index (Phi) is 5.96. The molecule has 0 aromatic heterocycles. The number of hydrogen-bond donors (Lipinski definition) is 1. The van der Waals surface area contributed by atoms with Gasteiger partial charge in [-0.15, -0.1) is 0 Å². The molecule has 1 N–H and O–H groups in total. The molecule has 0 bridgehead atoms. The van der Waals surface area contributed by atoms with E-state index in [2.05, 4.69) is 0 Å². The highest BCUT2D eigenvalue weighted by molar-refractivity contribution is 5.75. The normalized spacial score (nSPS) is 18.9. The van der Waals surface area contributed by atoms with Crippen LogP contribution < -0.4 is 0 Å². The summed E-state index contributed by atoms with van der Waals surface area (Å²) in [4.78, 5) is 10.3. The lowest BCUT2D eigenvalue weighted by molar-refractivity contribution is -0.138. The number of carboxylic acids is 1. The molecule has 0 amide bonds. The van der Waals surface area contributed by atoms with Crippen molar-refractivity contribution in [2.45, 2.75) is 38.5 Å². The molecule has 0 saturated heterocycles. The van der Waals surface area contributed by atoms with E-state index in [4.69, 9.17) is 5.11 Å². The summed E-state index contributed by atoms with van der Waals surface area (Å²) in [6.07, 6.45) is 6.42. The Labute approximate surface area is 83.5 Å². The van der Waals surface area contributed by atoms with Crippen LogP contribution in [0.2, 0.25) is 0 Å². The standard InChI is InChI=1S/C8H14O2.Mg.2H/c9-8(10)6-7-4-2-1-3-5-7;;;/h7H,1-6H2,(H,9,10);;;. The molecule has 0 heterocycles. The van der Waals surface area contributed by atoms with Crippen LogP contribution in [0.25, 0.3) is 0 Å². The van der Waals surface area contributed by atoms with Crippen LogP contribution in [0.1, 0.15) is 38.5 Å². The van der Waals surface area contributed by atoms with Crippen LogP contribution in [-0.4, -0.2) is 34.1 Å². The second kappa shape index (κ2) is 5.83. The van der Waals surface area contributed by atoms with Crippen molar-refractivity contribution >= 4 is 29.0 Å². The monoisotopic (exact) mass is 168 g/mol. The molecule has 1 aliphatic rings. The van der Waals surface area contributed by atoms with Crippen molar-refractivity contribution in [2.24, 2.45) is 5.92 Å². The average Bonchev–Trinajstić information content (AvgIpc) is 1.88. The van der Waals surface area contributed by atoms with Crippen molar-refractivity contribution in [3.63, 3.8) is 0 Å². The highest BCUT2D eigenvalue weighted by Gasteiger charge is 2.15. The van der Waals surface area contributed by atoms with Gasteiger partial charge >= 0.3 is 29.0 Å². The molecular weight excluding hydrogens is 152 g/mol. The Balaban J connectivity index is 0.000001000. The van der Waals surface area contributed by atoms with Crippen LogP contribution in [0.4, 0.5) is 0 Å². The summed E-state index contributed by atoms with van der Waals surface area (Å²) in [5, 5.41) is 8.47. The van der Waals surface area contributed by atoms with Crippen molar-refractivity contribution < 1.29 is 9.90 Å². The zero-order valence-electron chi connectivity index (χ0n) is 6.18. The average molecular weight is 169 g/mol. The van der Waals surface area contributed by atoms with Gasteiger partial charge in [-0.1, -0.05) is 19.3 Å². The van der Waals surface area contributed by atoms with Gasteiger partial charge in [-0.2, -0.15) is 0 Å². The zero-order valence-corrected chi connectivity index (χ0v) is 6.18. The summed E-state index contributed by atoms with van der Waals surface area (Å²) >= 11 is 0. The van der Waals surface area contributed by atoms with E-state index in [9.17, 15) is 4.79 Å². The van der Waals surface area contributed by atoms with Gasteiger partial charge in [0.15, 0.2) is 0 Å². The quantitative estimate of drug-likeness (QED) is 0.628. The van der Waals surface area contributed by atoms with E-state index in [0.717, 1.165) is 12.8 Å². The first-order valence-electron chi connectivity index (χ1n) is 4.01. The number of carbonyl (C=O) groups is 1. The van der Waals surface area contributed by atoms with E-state index in [1.807, 2.05) is 0 Å². The van der Waals surface area contributed by atoms with E-state index >= 15 is 0 Å². The van der Waals surface area contributed by atoms with Crippen molar-refractivity contribution in [1.82, 2.24) is 0 Å². The molecule has 0 unspecified atom stereocenters. The molecule has 0 aliphatic heterocycles. The lowest BCUT2D eigenvalue weighted by atomic mass is 9.87. The largest absolute Gasteiger partial charge is 0.481 e. The molecule has 0 spiro atoms. The number of carboxylic acid groups (broad SMARTS) is 1. The van der Waals surface area contributed by atoms with Crippen LogP contribution in [0.5, 0.6) is 0 Å². The SMILES string of the molecule is O=C(O)CC1CCCCC1.[MgH2]. The highest BCUT2D eigenvalue weighted by Crippen LogP contribution is 2.25. The lowest BCUT2D eigenvalue weighted by Crippen LogP contribution is -2.10. The summed E-state index contributed by atoms with van der Waals surface area (Å²) in [7, 11) is 0. The molecule has 1 fully saturated rings. The van der Waals surface area contributed by atoms with Crippen LogP contribution in [0.15, 0.2) is 0 Å². The number of aliphatic carboxylic acids is 1. The Morgan fingerprint density at radius 1 is 1.27 bits per heavy atom. The number of hydrogen-bond acceptors (Lipinski definition) is 1. The third-order valence-electron chi connectivity index (χ3n) is 2.19. The fourth-order valence-electron chi connectivity index (χ4n) is 1.64. The maximum Gasteiger partial charge on any atom is 0.316 e. The fraction of sp³-hybridized carbons (Fsp3) is 0.875. The molecule has 0 radical (unpaired) electrons. The number of rotatable bonds is 2. The van der Waals surface area contributed by atoms with Crippen molar-refractivity contribution in [3.05, 3.63) is 0 Å². The Hall–Kier alpha value is 0.236. The van der Waals surface area contributed by atoms with Crippen LogP contribution in [0.3, 0.4) is 0 Å². The van der Waals surface area contributed by atoms with E-state index in [1.54, 1.807) is 0 Å². The molecule has 0 aromatic rings. The highest BCUT2D eigenvalue weighted by atomic mass is 24.3. The van der Waals surface area contributed by atoms with Gasteiger partial charge in [0.25, 0.3) is 0 Å². The minimum Gasteiger partial charge on any atom is -0.481 e. The molecule has 0 atom stereocenters. The lowest BCUT2D eigenvalue weighted by Gasteiger charge is -2.18. The zero-order chi connectivity index (χ0) is 7.40. The van der Waals surface area contributed by atoms with Crippen LogP contribution in [-0.2, 0) is 4.79 Å². The molecule has 62 valence electrons. The van der Waals surface area contributed by atoms with Crippen molar-refractivity contribution in [2.75, 3.05) is 0 Å². The molecule has 0 aromatic carbocycles. The smallest absolute Gasteiger partial charge is 0.316 e. The predicted octanol–water partition coefficient (Wildman–Crippen LogP) is 1.13. The summed E-state index contributed by atoms with van der Waals surface area (Å²) in [5.41, 5.74) is 0. The maximum atomic E-state index is 10.3. The Morgan fingerprint density at radius 2 is 1.82 bits per heavy atom. The second-order valence-electron chi connectivity index (χ2n) is 3.10. The van der Waals surface area contributed by atoms with Gasteiger partial charge in [0.2, 0.25) is 0 Å². The third kappa shape index (κ3) is 4.64. The summed E-state index contributed by atoms with van der Waals surface area (Å²) in [6.45, 7) is 0. The molecule has 1 aliphatic carbocycles. The minimum atomic E-state index is -0.632. The van der Waals surface area contributed by atoms with Gasteiger partial charge < -0.3 is 5.11 Å². The van der Waals surface area contributed by atoms with E-state index in [-0.39, 0.29) is 23.1 Å². The van der Waals surface area contributed by atoms with Gasteiger partial charge in [0.05, 0.1) is 0 Å². The molecule has 1 rings (SSSR count). The van der Waals surface area contributed by atoms with Gasteiger partial charge in [-0.05, 0) is 18.8 Å². The molecule has 1 saturated carbocycles. The summed E-state index contributed by atoms with van der Waals surface area (Å²) in [6, 6.07) is 0. The van der Waals surface area contributed by atoms with Crippen molar-refractivity contribution in [1.29, 1.82) is 0 Å².